The number of ketones is 1. The van der Waals surface area contributed by atoms with Crippen LogP contribution in [0.5, 0.6) is 17.2 Å². The highest BCUT2D eigenvalue weighted by Gasteiger charge is 2.19. The van der Waals surface area contributed by atoms with Crippen LogP contribution in [0.3, 0.4) is 0 Å². The molecule has 11 heteroatoms. The minimum atomic E-state index is -1.23. The van der Waals surface area contributed by atoms with Gasteiger partial charge in [0.25, 0.3) is 0 Å². The van der Waals surface area contributed by atoms with E-state index in [2.05, 4.69) is 29.9 Å². The van der Waals surface area contributed by atoms with Gasteiger partial charge in [-0.25, -0.2) is 9.78 Å². The number of nitrogens with one attached hydrogen (secondary N) is 1. The van der Waals surface area contributed by atoms with Crippen LogP contribution < -0.4 is 19.5 Å². The number of hydrogen-bond acceptors (Lipinski definition) is 8. The van der Waals surface area contributed by atoms with Gasteiger partial charge in [-0.3, -0.25) is 4.79 Å². The molecule has 0 saturated heterocycles. The number of carbonyl (C=O) groups is 2. The lowest BCUT2D eigenvalue weighted by molar-refractivity contribution is 0.0205. The number of rotatable bonds is 14. The summed E-state index contributed by atoms with van der Waals surface area (Å²) in [6.07, 6.45) is 6.69. The van der Waals surface area contributed by atoms with Crippen molar-refractivity contribution >= 4 is 37.1 Å². The topological polar surface area (TPSA) is 110 Å². The van der Waals surface area contributed by atoms with E-state index in [0.29, 0.717) is 41.4 Å². The van der Waals surface area contributed by atoms with Crippen molar-refractivity contribution < 1.29 is 33.3 Å². The first kappa shape index (κ1) is 33.7. The molecule has 0 aliphatic rings. The predicted molar refractivity (Wildman–Crippen MR) is 171 cm³/mol. The van der Waals surface area contributed by atoms with Gasteiger partial charge in [0.15, 0.2) is 24.1 Å². The van der Waals surface area contributed by atoms with Crippen LogP contribution in [0.2, 0.25) is 25.7 Å². The molecule has 0 atom stereocenters. The summed E-state index contributed by atoms with van der Waals surface area (Å²) in [5, 5.41) is 3.63. The van der Waals surface area contributed by atoms with Crippen LogP contribution in [0.1, 0.15) is 42.3 Å². The van der Waals surface area contributed by atoms with Gasteiger partial charge in [0.05, 0.1) is 20.4 Å². The molecule has 3 aromatic rings. The molecule has 10 nitrogen and oxygen atoms in total. The number of alkyl carbamates (subject to hydrolysis) is 1. The summed E-state index contributed by atoms with van der Waals surface area (Å²) in [5.41, 5.74) is 2.10. The Morgan fingerprint density at radius 3 is 2.47 bits per heavy atom. The molecular weight excluding hydrogens is 566 g/mol. The Morgan fingerprint density at radius 2 is 1.81 bits per heavy atom. The van der Waals surface area contributed by atoms with E-state index in [1.165, 1.54) is 13.2 Å². The van der Waals surface area contributed by atoms with E-state index < -0.39 is 19.8 Å². The number of aryl methyl sites for hydroxylation is 1. The quantitative estimate of drug-likeness (QED) is 0.0750. The second kappa shape index (κ2) is 14.6. The minimum Gasteiger partial charge on any atom is -0.495 e. The third kappa shape index (κ3) is 10.1. The zero-order chi connectivity index (χ0) is 31.8. The SMILES string of the molecule is COc1cnc2c(c1)c(/C=C/C(=O)c1cc(OC)c(OCOCC[Si](C)(C)C)cc1CCNC(=O)OC(C)(C)C)cn2C. The normalized spacial score (nSPS) is 12.0. The molecule has 0 aliphatic carbocycles. The highest BCUT2D eigenvalue weighted by molar-refractivity contribution is 6.76. The van der Waals surface area contributed by atoms with Gasteiger partial charge in [-0.2, -0.15) is 0 Å². The summed E-state index contributed by atoms with van der Waals surface area (Å²) in [7, 11) is 3.78. The molecule has 0 fully saturated rings. The summed E-state index contributed by atoms with van der Waals surface area (Å²) in [6.45, 7) is 13.2. The summed E-state index contributed by atoms with van der Waals surface area (Å²) in [6, 6.07) is 6.35. The molecule has 0 unspecified atom stereocenters. The smallest absolute Gasteiger partial charge is 0.407 e. The standard InChI is InChI=1S/C32H45N3O7Si/c1-32(2,3)42-31(37)33-13-12-22-16-29(41-21-40-14-15-43(7,8)9)28(39-6)18-25(22)27(36)11-10-23-20-35(4)30-26(23)17-24(38-5)19-34-30/h10-11,16-20H,12-15,21H2,1-9H3,(H,33,37)/b11-10+. The van der Waals surface area contributed by atoms with Crippen molar-refractivity contribution in [2.45, 2.75) is 58.5 Å². The van der Waals surface area contributed by atoms with Gasteiger partial charge in [-0.05, 0) is 69.2 Å². The van der Waals surface area contributed by atoms with Gasteiger partial charge in [0, 0.05) is 51.0 Å². The second-order valence-electron chi connectivity index (χ2n) is 12.5. The van der Waals surface area contributed by atoms with Gasteiger partial charge in [-0.1, -0.05) is 19.6 Å². The van der Waals surface area contributed by atoms with Crippen molar-refractivity contribution in [2.24, 2.45) is 7.05 Å². The van der Waals surface area contributed by atoms with Crippen molar-refractivity contribution in [2.75, 3.05) is 34.2 Å². The number of pyridine rings is 1. The van der Waals surface area contributed by atoms with Crippen LogP contribution in [0, 0.1) is 0 Å². The summed E-state index contributed by atoms with van der Waals surface area (Å²) in [5.74, 6) is 1.27. The largest absolute Gasteiger partial charge is 0.495 e. The maximum Gasteiger partial charge on any atom is 0.407 e. The van der Waals surface area contributed by atoms with Crippen LogP contribution in [0.15, 0.2) is 36.7 Å². The number of hydrogen-bond donors (Lipinski definition) is 1. The molecule has 1 amide bonds. The Balaban J connectivity index is 1.87. The lowest BCUT2D eigenvalue weighted by Gasteiger charge is -2.20. The Bertz CT molecular complexity index is 1450. The van der Waals surface area contributed by atoms with E-state index in [1.807, 2.05) is 23.9 Å². The fourth-order valence-electron chi connectivity index (χ4n) is 4.24. The molecule has 0 radical (unpaired) electrons. The average Bonchev–Trinajstić information content (AvgIpc) is 3.24. The van der Waals surface area contributed by atoms with Gasteiger partial charge >= 0.3 is 6.09 Å². The van der Waals surface area contributed by atoms with Crippen LogP contribution in [-0.2, 0) is 22.9 Å². The lowest BCUT2D eigenvalue weighted by atomic mass is 9.99. The minimum absolute atomic E-state index is 0.0578. The highest BCUT2D eigenvalue weighted by atomic mass is 28.3. The fourth-order valence-corrected chi connectivity index (χ4v) is 4.99. The maximum absolute atomic E-state index is 13.6. The zero-order valence-corrected chi connectivity index (χ0v) is 27.8. The Kier molecular flexibility index (Phi) is 11.4. The van der Waals surface area contributed by atoms with Crippen molar-refractivity contribution in [1.82, 2.24) is 14.9 Å². The third-order valence-corrected chi connectivity index (χ3v) is 8.19. The lowest BCUT2D eigenvalue weighted by Crippen LogP contribution is -2.33. The summed E-state index contributed by atoms with van der Waals surface area (Å²) in [4.78, 5) is 30.3. The molecule has 0 aliphatic heterocycles. The van der Waals surface area contributed by atoms with Crippen molar-refractivity contribution in [3.8, 4) is 17.2 Å². The third-order valence-electron chi connectivity index (χ3n) is 6.48. The van der Waals surface area contributed by atoms with E-state index in [0.717, 1.165) is 22.6 Å². The average molecular weight is 612 g/mol. The maximum atomic E-state index is 13.6. The fraction of sp³-hybridized carbons (Fsp3) is 0.469. The number of carbonyl (C=O) groups excluding carboxylic acids is 2. The first-order valence-corrected chi connectivity index (χ1v) is 18.0. The van der Waals surface area contributed by atoms with Gasteiger partial charge in [-0.15, -0.1) is 0 Å². The number of allylic oxidation sites excluding steroid dienone is 1. The van der Waals surface area contributed by atoms with Crippen molar-refractivity contribution in [3.63, 3.8) is 0 Å². The van der Waals surface area contributed by atoms with E-state index in [9.17, 15) is 9.59 Å². The van der Waals surface area contributed by atoms with E-state index in [4.69, 9.17) is 23.7 Å². The van der Waals surface area contributed by atoms with Crippen molar-refractivity contribution in [3.05, 3.63) is 53.4 Å². The van der Waals surface area contributed by atoms with Gasteiger partial charge in [0.1, 0.15) is 17.0 Å². The van der Waals surface area contributed by atoms with E-state index in [-0.39, 0.29) is 19.1 Å². The molecule has 0 bridgehead atoms. The first-order chi connectivity index (χ1) is 20.2. The predicted octanol–water partition coefficient (Wildman–Crippen LogP) is 6.24. The Labute approximate surface area is 255 Å². The van der Waals surface area contributed by atoms with Crippen LogP contribution >= 0.6 is 0 Å². The van der Waals surface area contributed by atoms with Crippen LogP contribution in [0.25, 0.3) is 17.1 Å². The van der Waals surface area contributed by atoms with E-state index >= 15 is 0 Å². The number of fused-ring (bicyclic) bond motifs is 1. The van der Waals surface area contributed by atoms with E-state index in [1.54, 1.807) is 52.3 Å². The molecule has 43 heavy (non-hydrogen) atoms. The van der Waals surface area contributed by atoms with Crippen LogP contribution in [-0.4, -0.2) is 69.3 Å². The Morgan fingerprint density at radius 1 is 1.07 bits per heavy atom. The molecule has 234 valence electrons. The van der Waals surface area contributed by atoms with Gasteiger partial charge < -0.3 is 33.6 Å². The number of nitrogens with zero attached hydrogens (tertiary/aromatic N) is 2. The molecule has 3 rings (SSSR count). The van der Waals surface area contributed by atoms with Crippen molar-refractivity contribution in [1.29, 1.82) is 0 Å². The van der Waals surface area contributed by atoms with Crippen LogP contribution in [0.4, 0.5) is 4.79 Å². The molecule has 0 saturated carbocycles. The molecular formula is C32H45N3O7Si. The second-order valence-corrected chi connectivity index (χ2v) is 18.1. The molecule has 1 aromatic carbocycles. The summed E-state index contributed by atoms with van der Waals surface area (Å²) < 4.78 is 29.8. The number of amides is 1. The Hall–Kier alpha value is -3.83. The molecule has 0 spiro atoms. The van der Waals surface area contributed by atoms with Gasteiger partial charge in [0.2, 0.25) is 0 Å². The number of methoxy groups -OCH3 is 2. The monoisotopic (exact) mass is 611 g/mol. The number of aromatic nitrogens is 2. The first-order valence-electron chi connectivity index (χ1n) is 14.3. The molecule has 2 heterocycles. The molecule has 2 aromatic heterocycles. The number of benzene rings is 1. The molecule has 1 N–H and O–H groups in total. The highest BCUT2D eigenvalue weighted by Crippen LogP contribution is 2.32. The number of ether oxygens (including phenoxy) is 5. The summed E-state index contributed by atoms with van der Waals surface area (Å²) >= 11 is 0. The zero-order valence-electron chi connectivity index (χ0n) is 26.8.